The third-order valence-electron chi connectivity index (χ3n) is 4.89. The molecule has 1 saturated heterocycles. The minimum atomic E-state index is -0.293. The highest BCUT2D eigenvalue weighted by Gasteiger charge is 2.25. The molecule has 2 heterocycles. The first kappa shape index (κ1) is 20.6. The van der Waals surface area contributed by atoms with Crippen molar-refractivity contribution in [2.45, 2.75) is 32.4 Å². The second-order valence-corrected chi connectivity index (χ2v) is 7.05. The molecular weight excluding hydrogens is 370 g/mol. The molecule has 0 radical (unpaired) electrons. The fraction of sp³-hybridized carbons (Fsp3) is 0.429. The molecular formula is C21H27N5O3. The number of carbonyl (C=O) groups is 2. The maximum atomic E-state index is 12.5. The van der Waals surface area contributed by atoms with Crippen LogP contribution < -0.4 is 10.2 Å². The zero-order valence-electron chi connectivity index (χ0n) is 16.9. The number of rotatable bonds is 6. The van der Waals surface area contributed by atoms with E-state index in [9.17, 15) is 9.59 Å². The SMILES string of the molecule is CCOC(=O)N1CCC(NC(=O)c2ccc(N(C)Cc3ccccc3)nn2)CC1. The van der Waals surface area contributed by atoms with Gasteiger partial charge in [0.05, 0.1) is 6.61 Å². The summed E-state index contributed by atoms with van der Waals surface area (Å²) in [5, 5.41) is 11.3. The number of aromatic nitrogens is 2. The van der Waals surface area contributed by atoms with Gasteiger partial charge >= 0.3 is 6.09 Å². The van der Waals surface area contributed by atoms with Gasteiger partial charge in [-0.25, -0.2) is 4.79 Å². The van der Waals surface area contributed by atoms with E-state index < -0.39 is 0 Å². The van der Waals surface area contributed by atoms with Crippen LogP contribution in [0.2, 0.25) is 0 Å². The molecule has 2 aromatic rings. The van der Waals surface area contributed by atoms with Crippen molar-refractivity contribution in [3.8, 4) is 0 Å². The van der Waals surface area contributed by atoms with Crippen molar-refractivity contribution < 1.29 is 14.3 Å². The molecule has 1 N–H and O–H groups in total. The molecule has 0 bridgehead atoms. The number of anilines is 1. The molecule has 0 unspecified atom stereocenters. The van der Waals surface area contributed by atoms with Gasteiger partial charge in [-0.15, -0.1) is 10.2 Å². The molecule has 1 fully saturated rings. The normalized spacial score (nSPS) is 14.3. The van der Waals surface area contributed by atoms with Crippen LogP contribution in [0.1, 0.15) is 35.8 Å². The molecule has 1 aliphatic rings. The average Bonchev–Trinajstić information content (AvgIpc) is 2.75. The number of likely N-dealkylation sites (tertiary alicyclic amines) is 1. The van der Waals surface area contributed by atoms with Crippen LogP contribution in [0.25, 0.3) is 0 Å². The summed E-state index contributed by atoms with van der Waals surface area (Å²) in [5.74, 6) is 0.456. The summed E-state index contributed by atoms with van der Waals surface area (Å²) >= 11 is 0. The van der Waals surface area contributed by atoms with Crippen LogP contribution >= 0.6 is 0 Å². The molecule has 2 amide bonds. The van der Waals surface area contributed by atoms with Crippen molar-refractivity contribution in [2.24, 2.45) is 0 Å². The van der Waals surface area contributed by atoms with Crippen LogP contribution in [0.4, 0.5) is 10.6 Å². The van der Waals surface area contributed by atoms with Gasteiger partial charge in [-0.2, -0.15) is 0 Å². The van der Waals surface area contributed by atoms with Crippen molar-refractivity contribution >= 4 is 17.8 Å². The lowest BCUT2D eigenvalue weighted by Crippen LogP contribution is -2.46. The molecule has 1 aliphatic heterocycles. The molecule has 8 heteroatoms. The topological polar surface area (TPSA) is 87.7 Å². The summed E-state index contributed by atoms with van der Waals surface area (Å²) in [5.41, 5.74) is 1.46. The van der Waals surface area contributed by atoms with Crippen molar-refractivity contribution in [2.75, 3.05) is 31.6 Å². The fourth-order valence-corrected chi connectivity index (χ4v) is 3.27. The molecule has 0 spiro atoms. The third-order valence-corrected chi connectivity index (χ3v) is 4.89. The lowest BCUT2D eigenvalue weighted by atomic mass is 10.1. The summed E-state index contributed by atoms with van der Waals surface area (Å²) in [6, 6.07) is 13.6. The number of hydrogen-bond donors (Lipinski definition) is 1. The van der Waals surface area contributed by atoms with Crippen LogP contribution in [0, 0.1) is 0 Å². The quantitative estimate of drug-likeness (QED) is 0.806. The van der Waals surface area contributed by atoms with Gasteiger partial charge in [0.15, 0.2) is 11.5 Å². The first-order valence-electron chi connectivity index (χ1n) is 9.88. The molecule has 0 aliphatic carbocycles. The van der Waals surface area contributed by atoms with E-state index in [-0.39, 0.29) is 23.7 Å². The van der Waals surface area contributed by atoms with E-state index in [4.69, 9.17) is 4.74 Å². The van der Waals surface area contributed by atoms with E-state index in [0.717, 1.165) is 0 Å². The van der Waals surface area contributed by atoms with Crippen molar-refractivity contribution in [1.82, 2.24) is 20.4 Å². The van der Waals surface area contributed by atoms with Gasteiger partial charge in [0.1, 0.15) is 0 Å². The van der Waals surface area contributed by atoms with Crippen LogP contribution in [0.5, 0.6) is 0 Å². The van der Waals surface area contributed by atoms with Gasteiger partial charge in [0.2, 0.25) is 0 Å². The van der Waals surface area contributed by atoms with Gasteiger partial charge in [-0.05, 0) is 37.5 Å². The fourth-order valence-electron chi connectivity index (χ4n) is 3.27. The predicted molar refractivity (Wildman–Crippen MR) is 110 cm³/mol. The number of carbonyl (C=O) groups excluding carboxylic acids is 2. The van der Waals surface area contributed by atoms with E-state index >= 15 is 0 Å². The van der Waals surface area contributed by atoms with Crippen molar-refractivity contribution in [1.29, 1.82) is 0 Å². The van der Waals surface area contributed by atoms with E-state index in [0.29, 0.717) is 44.9 Å². The summed E-state index contributed by atoms with van der Waals surface area (Å²) in [6.45, 7) is 4.00. The van der Waals surface area contributed by atoms with Gasteiger partial charge in [-0.1, -0.05) is 30.3 Å². The highest BCUT2D eigenvalue weighted by molar-refractivity contribution is 5.92. The molecule has 3 rings (SSSR count). The second-order valence-electron chi connectivity index (χ2n) is 7.05. The first-order valence-corrected chi connectivity index (χ1v) is 9.88. The number of nitrogens with zero attached hydrogens (tertiary/aromatic N) is 4. The Kier molecular flexibility index (Phi) is 6.99. The maximum Gasteiger partial charge on any atom is 0.409 e. The van der Waals surface area contributed by atoms with E-state index in [1.165, 1.54) is 5.56 Å². The summed E-state index contributed by atoms with van der Waals surface area (Å²) < 4.78 is 5.01. The second kappa shape index (κ2) is 9.86. The number of piperidine rings is 1. The molecule has 1 aromatic carbocycles. The maximum absolute atomic E-state index is 12.5. The van der Waals surface area contributed by atoms with Gasteiger partial charge < -0.3 is 19.9 Å². The largest absolute Gasteiger partial charge is 0.450 e. The summed E-state index contributed by atoms with van der Waals surface area (Å²) in [7, 11) is 1.94. The number of hydrogen-bond acceptors (Lipinski definition) is 6. The summed E-state index contributed by atoms with van der Waals surface area (Å²) in [6.07, 6.45) is 1.09. The smallest absolute Gasteiger partial charge is 0.409 e. The zero-order chi connectivity index (χ0) is 20.6. The van der Waals surface area contributed by atoms with E-state index in [2.05, 4.69) is 27.6 Å². The van der Waals surface area contributed by atoms with Gasteiger partial charge in [0.25, 0.3) is 5.91 Å². The highest BCUT2D eigenvalue weighted by Crippen LogP contribution is 2.14. The molecule has 8 nitrogen and oxygen atoms in total. The van der Waals surface area contributed by atoms with E-state index in [1.54, 1.807) is 24.0 Å². The summed E-state index contributed by atoms with van der Waals surface area (Å²) in [4.78, 5) is 27.9. The average molecular weight is 397 g/mol. The molecule has 0 saturated carbocycles. The third kappa shape index (κ3) is 5.66. The van der Waals surface area contributed by atoms with Crippen LogP contribution in [-0.4, -0.2) is 59.9 Å². The highest BCUT2D eigenvalue weighted by atomic mass is 16.6. The number of amides is 2. The number of benzene rings is 1. The molecule has 1 aromatic heterocycles. The lowest BCUT2D eigenvalue weighted by Gasteiger charge is -2.31. The van der Waals surface area contributed by atoms with Crippen LogP contribution in [0.3, 0.4) is 0 Å². The van der Waals surface area contributed by atoms with E-state index in [1.807, 2.05) is 30.1 Å². The molecule has 29 heavy (non-hydrogen) atoms. The Morgan fingerprint density at radius 2 is 1.86 bits per heavy atom. The monoisotopic (exact) mass is 397 g/mol. The Bertz CT molecular complexity index is 805. The van der Waals surface area contributed by atoms with Crippen molar-refractivity contribution in [3.05, 3.63) is 53.7 Å². The Hall–Kier alpha value is -3.16. The minimum Gasteiger partial charge on any atom is -0.450 e. The molecule has 0 atom stereocenters. The Labute approximate surface area is 170 Å². The lowest BCUT2D eigenvalue weighted by molar-refractivity contribution is 0.0856. The Morgan fingerprint density at radius 3 is 2.48 bits per heavy atom. The zero-order valence-corrected chi connectivity index (χ0v) is 16.9. The minimum absolute atomic E-state index is 0.00964. The van der Waals surface area contributed by atoms with Crippen LogP contribution in [-0.2, 0) is 11.3 Å². The van der Waals surface area contributed by atoms with Crippen LogP contribution in [0.15, 0.2) is 42.5 Å². The number of ether oxygens (including phenoxy) is 1. The standard InChI is InChI=1S/C21H27N5O3/c1-3-29-21(28)26-13-11-17(12-14-26)22-20(27)18-9-10-19(24-23-18)25(2)15-16-7-5-4-6-8-16/h4-10,17H,3,11-15H2,1-2H3,(H,22,27). The Morgan fingerprint density at radius 1 is 1.14 bits per heavy atom. The number of nitrogens with one attached hydrogen (secondary N) is 1. The Balaban J connectivity index is 1.50. The first-order chi connectivity index (χ1) is 14.1. The molecule has 154 valence electrons. The van der Waals surface area contributed by atoms with Gasteiger partial charge in [0, 0.05) is 32.7 Å². The van der Waals surface area contributed by atoms with Crippen molar-refractivity contribution in [3.63, 3.8) is 0 Å². The van der Waals surface area contributed by atoms with Gasteiger partial charge in [-0.3, -0.25) is 4.79 Å². The predicted octanol–water partition coefficient (Wildman–Crippen LogP) is 2.46.